The summed E-state index contributed by atoms with van der Waals surface area (Å²) in [6.07, 6.45) is 2.67. The first kappa shape index (κ1) is 11.5. The first-order chi connectivity index (χ1) is 8.25. The number of benzene rings is 1. The predicted molar refractivity (Wildman–Crippen MR) is 72.0 cm³/mol. The Bertz CT molecular complexity index is 480. The summed E-state index contributed by atoms with van der Waals surface area (Å²) < 4.78 is 0. The van der Waals surface area contributed by atoms with E-state index in [0.29, 0.717) is 5.69 Å². The molecule has 0 aliphatic carbocycles. The Hall–Kier alpha value is -2.03. The second-order valence-corrected chi connectivity index (χ2v) is 4.10. The summed E-state index contributed by atoms with van der Waals surface area (Å²) in [6, 6.07) is 12.3. The molecule has 1 aromatic heterocycles. The maximum atomic E-state index is 5.66. The van der Waals surface area contributed by atoms with E-state index < -0.39 is 0 Å². The fourth-order valence-electron chi connectivity index (χ4n) is 1.75. The quantitative estimate of drug-likeness (QED) is 0.844. The van der Waals surface area contributed by atoms with E-state index in [1.165, 1.54) is 5.56 Å². The highest BCUT2D eigenvalue weighted by Crippen LogP contribution is 2.13. The van der Waals surface area contributed by atoms with E-state index in [-0.39, 0.29) is 0 Å². The van der Waals surface area contributed by atoms with Gasteiger partial charge >= 0.3 is 0 Å². The molecular weight excluding hydrogens is 210 g/mol. The number of aryl methyl sites for hydroxylation is 1. The Morgan fingerprint density at radius 3 is 2.71 bits per heavy atom. The fraction of sp³-hybridized carbons (Fsp3) is 0.214. The van der Waals surface area contributed by atoms with Gasteiger partial charge in [-0.2, -0.15) is 0 Å². The van der Waals surface area contributed by atoms with Gasteiger partial charge in [-0.05, 0) is 30.5 Å². The molecule has 1 aromatic carbocycles. The fourth-order valence-corrected chi connectivity index (χ4v) is 1.75. The van der Waals surface area contributed by atoms with Crippen LogP contribution in [0.15, 0.2) is 42.6 Å². The summed E-state index contributed by atoms with van der Waals surface area (Å²) in [5.74, 6) is 0.912. The van der Waals surface area contributed by atoms with Crippen LogP contribution >= 0.6 is 0 Å². The van der Waals surface area contributed by atoms with E-state index in [9.17, 15) is 0 Å². The predicted octanol–water partition coefficient (Wildman–Crippen LogP) is 2.63. The Balaban J connectivity index is 1.90. The number of pyridine rings is 1. The molecule has 0 aliphatic rings. The van der Waals surface area contributed by atoms with Crippen molar-refractivity contribution in [3.63, 3.8) is 0 Å². The minimum absolute atomic E-state index is 0.705. The molecule has 1 heterocycles. The molecule has 0 saturated carbocycles. The van der Waals surface area contributed by atoms with Gasteiger partial charge in [-0.3, -0.25) is 0 Å². The average molecular weight is 227 g/mol. The van der Waals surface area contributed by atoms with Gasteiger partial charge in [0.2, 0.25) is 0 Å². The second kappa shape index (κ2) is 5.34. The molecule has 0 unspecified atom stereocenters. The summed E-state index contributed by atoms with van der Waals surface area (Å²) in [6.45, 7) is 2.88. The van der Waals surface area contributed by atoms with Crippen LogP contribution in [0.3, 0.4) is 0 Å². The molecule has 0 fully saturated rings. The largest absolute Gasteiger partial charge is 0.397 e. The van der Waals surface area contributed by atoms with Gasteiger partial charge < -0.3 is 11.1 Å². The molecule has 0 bridgehead atoms. The Morgan fingerprint density at radius 1 is 1.24 bits per heavy atom. The first-order valence-electron chi connectivity index (χ1n) is 5.75. The number of anilines is 2. The third-order valence-corrected chi connectivity index (χ3v) is 2.65. The minimum atomic E-state index is 0.705. The Morgan fingerprint density at radius 2 is 2.00 bits per heavy atom. The van der Waals surface area contributed by atoms with Gasteiger partial charge in [0.05, 0.1) is 11.9 Å². The van der Waals surface area contributed by atoms with E-state index in [0.717, 1.165) is 24.3 Å². The molecule has 2 aromatic rings. The maximum absolute atomic E-state index is 5.66. The topological polar surface area (TPSA) is 50.9 Å². The van der Waals surface area contributed by atoms with E-state index in [1.807, 2.05) is 19.1 Å². The van der Waals surface area contributed by atoms with Crippen LogP contribution in [0.1, 0.15) is 11.1 Å². The smallest absolute Gasteiger partial charge is 0.129 e. The van der Waals surface area contributed by atoms with Crippen molar-refractivity contribution in [2.24, 2.45) is 0 Å². The maximum Gasteiger partial charge on any atom is 0.129 e. The van der Waals surface area contributed by atoms with Gasteiger partial charge in [0.25, 0.3) is 0 Å². The highest BCUT2D eigenvalue weighted by atomic mass is 15.0. The summed E-state index contributed by atoms with van der Waals surface area (Å²) >= 11 is 0. The van der Waals surface area contributed by atoms with Crippen molar-refractivity contribution in [2.45, 2.75) is 13.3 Å². The molecule has 3 heteroatoms. The summed E-state index contributed by atoms with van der Waals surface area (Å²) in [5.41, 5.74) is 8.77. The highest BCUT2D eigenvalue weighted by molar-refractivity contribution is 5.50. The first-order valence-corrected chi connectivity index (χ1v) is 5.75. The van der Waals surface area contributed by atoms with Crippen LogP contribution in [-0.4, -0.2) is 11.5 Å². The van der Waals surface area contributed by atoms with Gasteiger partial charge in [-0.15, -0.1) is 0 Å². The molecule has 3 nitrogen and oxygen atoms in total. The molecule has 17 heavy (non-hydrogen) atoms. The summed E-state index contributed by atoms with van der Waals surface area (Å²) in [5, 5.41) is 3.32. The zero-order valence-corrected chi connectivity index (χ0v) is 9.98. The number of hydrogen-bond donors (Lipinski definition) is 2. The molecular formula is C14H17N3. The van der Waals surface area contributed by atoms with Gasteiger partial charge in [0.15, 0.2) is 0 Å². The van der Waals surface area contributed by atoms with Crippen LogP contribution in [0.4, 0.5) is 11.5 Å². The van der Waals surface area contributed by atoms with Crippen molar-refractivity contribution < 1.29 is 0 Å². The highest BCUT2D eigenvalue weighted by Gasteiger charge is 1.99. The molecule has 2 rings (SSSR count). The van der Waals surface area contributed by atoms with Crippen LogP contribution in [0, 0.1) is 6.92 Å². The van der Waals surface area contributed by atoms with Gasteiger partial charge in [0.1, 0.15) is 5.82 Å². The zero-order valence-electron chi connectivity index (χ0n) is 9.98. The number of nitrogens with zero attached hydrogens (tertiary/aromatic N) is 1. The van der Waals surface area contributed by atoms with Crippen molar-refractivity contribution in [1.82, 2.24) is 4.98 Å². The molecule has 0 spiro atoms. The second-order valence-electron chi connectivity index (χ2n) is 4.10. The number of aromatic nitrogens is 1. The number of hydrogen-bond acceptors (Lipinski definition) is 3. The lowest BCUT2D eigenvalue weighted by atomic mass is 10.1. The number of nitrogens with one attached hydrogen (secondary N) is 1. The van der Waals surface area contributed by atoms with Crippen molar-refractivity contribution in [2.75, 3.05) is 17.6 Å². The third-order valence-electron chi connectivity index (χ3n) is 2.65. The van der Waals surface area contributed by atoms with Crippen LogP contribution in [0.25, 0.3) is 0 Å². The molecule has 0 radical (unpaired) electrons. The lowest BCUT2D eigenvalue weighted by molar-refractivity contribution is 1.00. The Kier molecular flexibility index (Phi) is 3.60. The van der Waals surface area contributed by atoms with E-state index in [4.69, 9.17) is 5.73 Å². The monoisotopic (exact) mass is 227 g/mol. The lowest BCUT2D eigenvalue weighted by Crippen LogP contribution is -2.07. The van der Waals surface area contributed by atoms with Crippen molar-refractivity contribution in [3.05, 3.63) is 53.7 Å². The van der Waals surface area contributed by atoms with E-state index in [1.54, 1.807) is 6.20 Å². The zero-order chi connectivity index (χ0) is 12.1. The van der Waals surface area contributed by atoms with Crippen LogP contribution in [0.5, 0.6) is 0 Å². The van der Waals surface area contributed by atoms with Crippen molar-refractivity contribution in [3.8, 4) is 0 Å². The van der Waals surface area contributed by atoms with Gasteiger partial charge in [-0.1, -0.05) is 30.3 Å². The molecule has 0 amide bonds. The van der Waals surface area contributed by atoms with Crippen LogP contribution in [0.2, 0.25) is 0 Å². The number of rotatable bonds is 4. The molecule has 88 valence electrons. The van der Waals surface area contributed by atoms with Gasteiger partial charge in [0, 0.05) is 6.54 Å². The normalized spacial score (nSPS) is 10.2. The average Bonchev–Trinajstić information content (AvgIpc) is 2.33. The lowest BCUT2D eigenvalue weighted by Gasteiger charge is -2.08. The minimum Gasteiger partial charge on any atom is -0.397 e. The molecule has 0 aliphatic heterocycles. The molecule has 0 atom stereocenters. The van der Waals surface area contributed by atoms with Crippen molar-refractivity contribution in [1.29, 1.82) is 0 Å². The van der Waals surface area contributed by atoms with Crippen molar-refractivity contribution >= 4 is 11.5 Å². The summed E-state index contributed by atoms with van der Waals surface area (Å²) in [7, 11) is 0. The number of nitrogen functional groups attached to an aromatic ring is 1. The third kappa shape index (κ3) is 3.21. The standard InChI is InChI=1S/C14H17N3/c1-11-9-13(15)10-17-14(11)16-8-7-12-5-3-2-4-6-12/h2-6,9-10H,7-8,15H2,1H3,(H,16,17). The number of nitrogens with two attached hydrogens (primary N) is 1. The summed E-state index contributed by atoms with van der Waals surface area (Å²) in [4.78, 5) is 4.27. The van der Waals surface area contributed by atoms with E-state index in [2.05, 4.69) is 34.6 Å². The Labute approximate surface area is 102 Å². The SMILES string of the molecule is Cc1cc(N)cnc1NCCc1ccccc1. The van der Waals surface area contributed by atoms with E-state index >= 15 is 0 Å². The molecule has 0 saturated heterocycles. The van der Waals surface area contributed by atoms with Crippen LogP contribution < -0.4 is 11.1 Å². The molecule has 3 N–H and O–H groups in total. The van der Waals surface area contributed by atoms with Gasteiger partial charge in [-0.25, -0.2) is 4.98 Å². The van der Waals surface area contributed by atoms with Crippen LogP contribution in [-0.2, 0) is 6.42 Å².